The number of aliphatic imine (C=N–C) groups is 1. The highest BCUT2D eigenvalue weighted by molar-refractivity contribution is 7.80. The Hall–Kier alpha value is -1.30. The molecule has 0 radical (unpaired) electrons. The predicted molar refractivity (Wildman–Crippen MR) is 49.6 cm³/mol. The second kappa shape index (κ2) is 3.61. The van der Waals surface area contributed by atoms with E-state index < -0.39 is 11.9 Å². The first-order valence-electron chi connectivity index (χ1n) is 3.62. The lowest BCUT2D eigenvalue weighted by molar-refractivity contribution is -0.139. The largest absolute Gasteiger partial charge is 0.481 e. The van der Waals surface area contributed by atoms with Crippen molar-refractivity contribution in [3.05, 3.63) is 0 Å². The number of hydrogen-bond acceptors (Lipinski definition) is 3. The highest BCUT2D eigenvalue weighted by Gasteiger charge is 2.28. The third kappa shape index (κ3) is 2.32. The van der Waals surface area contributed by atoms with Crippen LogP contribution in [0, 0.1) is 5.92 Å². The van der Waals surface area contributed by atoms with Gasteiger partial charge < -0.3 is 10.4 Å². The Morgan fingerprint density at radius 1 is 1.77 bits per heavy atom. The van der Waals surface area contributed by atoms with Crippen LogP contribution in [0.1, 0.15) is 13.3 Å². The van der Waals surface area contributed by atoms with Crippen molar-refractivity contribution in [1.82, 2.24) is 5.32 Å². The van der Waals surface area contributed by atoms with Gasteiger partial charge in [-0.3, -0.25) is 9.59 Å². The van der Waals surface area contributed by atoms with Gasteiger partial charge in [-0.1, -0.05) is 0 Å². The van der Waals surface area contributed by atoms with Crippen LogP contribution in [0.3, 0.4) is 0 Å². The molecule has 0 bridgehead atoms. The molecule has 1 heterocycles. The lowest BCUT2D eigenvalue weighted by atomic mass is 9.98. The molecule has 1 aliphatic heterocycles. The Morgan fingerprint density at radius 3 is 2.85 bits per heavy atom. The molecule has 1 atom stereocenters. The number of carboxylic acid groups (broad SMARTS) is 1. The van der Waals surface area contributed by atoms with Crippen LogP contribution in [0.4, 0.5) is 0 Å². The van der Waals surface area contributed by atoms with Crippen LogP contribution in [0.25, 0.3) is 0 Å². The van der Waals surface area contributed by atoms with E-state index in [4.69, 9.17) is 5.11 Å². The molecule has 0 aliphatic carbocycles. The van der Waals surface area contributed by atoms with Crippen molar-refractivity contribution in [3.63, 3.8) is 0 Å². The van der Waals surface area contributed by atoms with E-state index >= 15 is 0 Å². The molecule has 2 N–H and O–H groups in total. The molecule has 13 heavy (non-hydrogen) atoms. The molecule has 0 saturated heterocycles. The van der Waals surface area contributed by atoms with Crippen molar-refractivity contribution >= 4 is 34.9 Å². The van der Waals surface area contributed by atoms with Gasteiger partial charge >= 0.3 is 5.97 Å². The van der Waals surface area contributed by atoms with Crippen LogP contribution in [-0.4, -0.2) is 27.8 Å². The highest BCUT2D eigenvalue weighted by atomic mass is 32.1. The maximum atomic E-state index is 11.2. The van der Waals surface area contributed by atoms with Crippen molar-refractivity contribution < 1.29 is 14.7 Å². The number of nitrogens with one attached hydrogen (secondary N) is 1. The van der Waals surface area contributed by atoms with Gasteiger partial charge in [0, 0.05) is 5.71 Å². The quantitative estimate of drug-likeness (QED) is 0.613. The first-order chi connectivity index (χ1) is 6.00. The second-order valence-electron chi connectivity index (χ2n) is 2.70. The van der Waals surface area contributed by atoms with Gasteiger partial charge in [0.1, 0.15) is 0 Å². The number of carboxylic acids is 1. The van der Waals surface area contributed by atoms with Crippen LogP contribution in [0.5, 0.6) is 0 Å². The summed E-state index contributed by atoms with van der Waals surface area (Å²) < 4.78 is 0. The molecular weight excluding hydrogens is 192 g/mol. The van der Waals surface area contributed by atoms with Gasteiger partial charge in [-0.25, -0.2) is 4.99 Å². The lowest BCUT2D eigenvalue weighted by Gasteiger charge is -2.18. The zero-order valence-corrected chi connectivity index (χ0v) is 7.72. The molecule has 1 rings (SSSR count). The van der Waals surface area contributed by atoms with Crippen molar-refractivity contribution in [3.8, 4) is 0 Å². The van der Waals surface area contributed by atoms with E-state index in [2.05, 4.69) is 22.5 Å². The monoisotopic (exact) mass is 200 g/mol. The minimum absolute atomic E-state index is 0.101. The summed E-state index contributed by atoms with van der Waals surface area (Å²) in [5.41, 5.74) is 0.455. The topological polar surface area (TPSA) is 78.8 Å². The van der Waals surface area contributed by atoms with Gasteiger partial charge in [0.15, 0.2) is 5.11 Å². The van der Waals surface area contributed by atoms with Crippen LogP contribution in [-0.2, 0) is 9.59 Å². The summed E-state index contributed by atoms with van der Waals surface area (Å²) >= 11 is 4.66. The van der Waals surface area contributed by atoms with Gasteiger partial charge in [-0.05, 0) is 19.1 Å². The number of thiocarbonyl (C=S) groups is 1. The van der Waals surface area contributed by atoms with Crippen molar-refractivity contribution in [2.24, 2.45) is 10.9 Å². The average molecular weight is 200 g/mol. The molecule has 0 unspecified atom stereocenters. The minimum Gasteiger partial charge on any atom is -0.481 e. The number of aliphatic carboxylic acids is 1. The third-order valence-corrected chi connectivity index (χ3v) is 1.90. The van der Waals surface area contributed by atoms with Gasteiger partial charge in [0.05, 0.1) is 12.3 Å². The van der Waals surface area contributed by atoms with Crippen LogP contribution in [0.2, 0.25) is 0 Å². The molecule has 5 nitrogen and oxygen atoms in total. The van der Waals surface area contributed by atoms with E-state index in [1.165, 1.54) is 0 Å². The van der Waals surface area contributed by atoms with E-state index in [1.807, 2.05) is 0 Å². The van der Waals surface area contributed by atoms with Crippen LogP contribution >= 0.6 is 12.2 Å². The predicted octanol–water partition coefficient (Wildman–Crippen LogP) is -0.0471. The van der Waals surface area contributed by atoms with E-state index in [-0.39, 0.29) is 17.4 Å². The number of carbonyl (C=O) groups excluding carboxylic acids is 1. The Labute approximate surface area is 79.8 Å². The molecule has 0 aromatic carbocycles. The van der Waals surface area contributed by atoms with Gasteiger partial charge in [-0.2, -0.15) is 0 Å². The summed E-state index contributed by atoms with van der Waals surface area (Å²) in [7, 11) is 0. The fourth-order valence-corrected chi connectivity index (χ4v) is 1.31. The fraction of sp³-hybridized carbons (Fsp3) is 0.429. The molecule has 0 fully saturated rings. The molecule has 70 valence electrons. The van der Waals surface area contributed by atoms with E-state index in [9.17, 15) is 9.59 Å². The van der Waals surface area contributed by atoms with Gasteiger partial charge in [-0.15, -0.1) is 0 Å². The minimum atomic E-state index is -1.03. The van der Waals surface area contributed by atoms with E-state index in [0.717, 1.165) is 0 Å². The molecule has 0 aromatic heterocycles. The zero-order valence-electron chi connectivity index (χ0n) is 6.90. The highest BCUT2D eigenvalue weighted by Crippen LogP contribution is 2.10. The molecule has 0 spiro atoms. The molecule has 1 amide bonds. The van der Waals surface area contributed by atoms with Crippen molar-refractivity contribution in [2.75, 3.05) is 0 Å². The Kier molecular flexibility index (Phi) is 2.72. The summed E-state index contributed by atoms with van der Waals surface area (Å²) in [5.74, 6) is -2.10. The van der Waals surface area contributed by atoms with Crippen LogP contribution < -0.4 is 5.32 Å². The summed E-state index contributed by atoms with van der Waals surface area (Å²) in [4.78, 5) is 25.4. The summed E-state index contributed by atoms with van der Waals surface area (Å²) in [6.45, 7) is 1.60. The molecule has 0 aromatic rings. The van der Waals surface area contributed by atoms with Crippen LogP contribution in [0.15, 0.2) is 4.99 Å². The molecule has 0 saturated carbocycles. The number of amides is 1. The Morgan fingerprint density at radius 2 is 2.38 bits per heavy atom. The van der Waals surface area contributed by atoms with E-state index in [0.29, 0.717) is 5.71 Å². The summed E-state index contributed by atoms with van der Waals surface area (Å²) in [5, 5.41) is 10.9. The first kappa shape index (κ1) is 9.79. The normalized spacial score (nSPS) is 22.2. The summed E-state index contributed by atoms with van der Waals surface area (Å²) in [6.07, 6.45) is -0.246. The molecular formula is C7H8N2O3S. The van der Waals surface area contributed by atoms with Crippen molar-refractivity contribution in [2.45, 2.75) is 13.3 Å². The molecule has 1 aliphatic rings. The number of rotatable bonds is 2. The SMILES string of the molecule is CC1=NC(=S)NC(=O)[C@@H]1CC(=O)O. The Balaban J connectivity index is 2.84. The zero-order chi connectivity index (χ0) is 10.0. The smallest absolute Gasteiger partial charge is 0.304 e. The second-order valence-corrected chi connectivity index (χ2v) is 3.08. The number of carbonyl (C=O) groups is 2. The number of hydrogen-bond donors (Lipinski definition) is 2. The standard InChI is InChI=1S/C7H8N2O3S/c1-3-4(2-5(10)11)6(12)9-7(13)8-3/h4H,2H2,1H3,(H,10,11)(H,9,12,13)/t4-/m1/s1. The lowest BCUT2D eigenvalue weighted by Crippen LogP contribution is -2.42. The maximum Gasteiger partial charge on any atom is 0.304 e. The molecule has 6 heteroatoms. The maximum absolute atomic E-state index is 11.2. The third-order valence-electron chi connectivity index (χ3n) is 1.71. The van der Waals surface area contributed by atoms with Gasteiger partial charge in [0.25, 0.3) is 0 Å². The first-order valence-corrected chi connectivity index (χ1v) is 4.03. The fourth-order valence-electron chi connectivity index (χ4n) is 1.06. The van der Waals surface area contributed by atoms with E-state index in [1.54, 1.807) is 6.92 Å². The number of nitrogens with zero attached hydrogens (tertiary/aromatic N) is 1. The summed E-state index contributed by atoms with van der Waals surface area (Å²) in [6, 6.07) is 0. The van der Waals surface area contributed by atoms with Gasteiger partial charge in [0.2, 0.25) is 5.91 Å². The average Bonchev–Trinajstić information content (AvgIpc) is 1.96. The van der Waals surface area contributed by atoms with Crippen molar-refractivity contribution in [1.29, 1.82) is 0 Å². The Bertz CT molecular complexity index is 311.